The van der Waals surface area contributed by atoms with Gasteiger partial charge in [-0.15, -0.1) is 0 Å². The third kappa shape index (κ3) is 16.5. The van der Waals surface area contributed by atoms with Crippen molar-refractivity contribution < 1.29 is 26.3 Å². The molecular formula is C60H96N4O6S2Si2. The summed E-state index contributed by atoms with van der Waals surface area (Å²) < 4.78 is 67.6. The van der Waals surface area contributed by atoms with Crippen LogP contribution >= 0.6 is 0 Å². The van der Waals surface area contributed by atoms with Gasteiger partial charge >= 0.3 is 0 Å². The van der Waals surface area contributed by atoms with Gasteiger partial charge in [0.2, 0.25) is 0 Å². The van der Waals surface area contributed by atoms with Crippen molar-refractivity contribution in [1.82, 2.24) is 9.66 Å². The van der Waals surface area contributed by atoms with Crippen molar-refractivity contribution in [2.24, 2.45) is 10.2 Å². The number of hydrogen-bond acceptors (Lipinski definition) is 8. The Bertz CT molecular complexity index is 2500. The van der Waals surface area contributed by atoms with Crippen molar-refractivity contribution in [3.63, 3.8) is 0 Å². The summed E-state index contributed by atoms with van der Waals surface area (Å²) in [7, 11) is -12.4. The minimum absolute atomic E-state index is 0.0634. The quantitative estimate of drug-likeness (QED) is 0.0457. The number of nitrogens with one attached hydrogen (secondary N) is 2. The molecule has 0 radical (unpaired) electrons. The van der Waals surface area contributed by atoms with Gasteiger partial charge in [-0.3, -0.25) is 0 Å². The fourth-order valence-corrected chi connectivity index (χ4v) is 17.0. The van der Waals surface area contributed by atoms with Crippen molar-refractivity contribution >= 4 is 46.9 Å². The van der Waals surface area contributed by atoms with Crippen molar-refractivity contribution in [2.45, 2.75) is 220 Å². The Morgan fingerprint density at radius 1 is 0.473 bits per heavy atom. The lowest BCUT2D eigenvalue weighted by molar-refractivity contribution is 0.158. The molecule has 0 saturated heterocycles. The van der Waals surface area contributed by atoms with Crippen molar-refractivity contribution in [1.29, 1.82) is 0 Å². The smallest absolute Gasteiger partial charge is 0.277 e. The zero-order chi connectivity index (χ0) is 56.4. The lowest BCUT2D eigenvalue weighted by atomic mass is 9.89. The highest BCUT2D eigenvalue weighted by molar-refractivity contribution is 7.89. The number of nitrogens with zero attached hydrogens (tertiary/aromatic N) is 2. The van der Waals surface area contributed by atoms with E-state index in [1.807, 2.05) is 130 Å². The molecule has 0 spiro atoms. The Balaban J connectivity index is 0.000000390. The van der Waals surface area contributed by atoms with Gasteiger partial charge in [0.1, 0.15) is 16.1 Å². The molecule has 0 unspecified atom stereocenters. The highest BCUT2D eigenvalue weighted by atomic mass is 32.2. The Kier molecular flexibility index (Phi) is 23.0. The summed E-state index contributed by atoms with van der Waals surface area (Å²) in [5.74, 6) is 0.882. The molecule has 0 aliphatic heterocycles. The fourth-order valence-electron chi connectivity index (χ4n) is 8.62. The monoisotopic (exact) mass is 1090 g/mol. The van der Waals surface area contributed by atoms with Crippen LogP contribution < -0.4 is 9.66 Å². The molecule has 0 saturated carbocycles. The van der Waals surface area contributed by atoms with Crippen LogP contribution in [-0.2, 0) is 42.7 Å². The van der Waals surface area contributed by atoms with E-state index >= 15 is 0 Å². The lowest BCUT2D eigenvalue weighted by Gasteiger charge is -2.39. The van der Waals surface area contributed by atoms with Gasteiger partial charge < -0.3 is 9.47 Å². The maximum atomic E-state index is 13.8. The molecule has 412 valence electrons. The molecule has 0 bridgehead atoms. The number of sulfonamides is 2. The molecule has 0 heterocycles. The molecule has 0 aromatic heterocycles. The highest BCUT2D eigenvalue weighted by Crippen LogP contribution is 2.40. The summed E-state index contributed by atoms with van der Waals surface area (Å²) in [4.78, 5) is 6.03. The van der Waals surface area contributed by atoms with Crippen LogP contribution in [0.1, 0.15) is 218 Å². The maximum absolute atomic E-state index is 13.8. The molecular weight excluding hydrogens is 993 g/mol. The molecule has 74 heavy (non-hydrogen) atoms. The predicted molar refractivity (Wildman–Crippen MR) is 319 cm³/mol. The predicted octanol–water partition coefficient (Wildman–Crippen LogP) is 15.8. The second-order valence-corrected chi connectivity index (χ2v) is 38.2. The summed E-state index contributed by atoms with van der Waals surface area (Å²) in [6.45, 7) is 47.5. The van der Waals surface area contributed by atoms with Gasteiger partial charge in [-0.1, -0.05) is 223 Å². The first kappa shape index (κ1) is 64.4. The molecule has 14 heteroatoms. The highest BCUT2D eigenvalue weighted by Gasteiger charge is 2.45. The zero-order valence-corrected chi connectivity index (χ0v) is 53.2. The summed E-state index contributed by atoms with van der Waals surface area (Å²) in [6, 6.07) is 28.4. The first-order valence-electron chi connectivity index (χ1n) is 26.7. The Morgan fingerprint density at radius 2 is 0.730 bits per heavy atom. The van der Waals surface area contributed by atoms with Gasteiger partial charge in [0.05, 0.1) is 23.0 Å². The van der Waals surface area contributed by atoms with Crippen LogP contribution in [0, 0.1) is 0 Å². The fraction of sp³-hybridized carbons (Fsp3) is 0.567. The van der Waals surface area contributed by atoms with Gasteiger partial charge in [-0.05, 0) is 104 Å². The molecule has 0 aliphatic carbocycles. The van der Waals surface area contributed by atoms with Crippen molar-refractivity contribution in [3.05, 3.63) is 129 Å². The second kappa shape index (κ2) is 26.4. The normalized spacial score (nSPS) is 14.9. The first-order chi connectivity index (χ1) is 34.0. The van der Waals surface area contributed by atoms with Crippen LogP contribution in [0.2, 0.25) is 23.2 Å². The van der Waals surface area contributed by atoms with Crippen LogP contribution in [-0.4, -0.2) is 56.1 Å². The molecule has 2 atom stereocenters. The van der Waals surface area contributed by atoms with Crippen LogP contribution in [0.3, 0.4) is 0 Å². The Labute approximate surface area is 452 Å². The molecule has 0 fully saturated rings. The summed E-state index contributed by atoms with van der Waals surface area (Å²) in [5.41, 5.74) is 7.94. The number of hydrogen-bond donors (Lipinski definition) is 2. The zero-order valence-electron chi connectivity index (χ0n) is 49.5. The van der Waals surface area contributed by atoms with E-state index in [1.165, 1.54) is 0 Å². The molecule has 0 aliphatic rings. The summed E-state index contributed by atoms with van der Waals surface area (Å²) >= 11 is 0. The minimum Gasteiger partial charge on any atom is -0.380 e. The van der Waals surface area contributed by atoms with Gasteiger partial charge in [0.15, 0.2) is 0 Å². The Morgan fingerprint density at radius 3 is 0.946 bits per heavy atom. The summed E-state index contributed by atoms with van der Waals surface area (Å²) in [5, 5.41) is 10.6. The topological polar surface area (TPSA) is 136 Å². The number of ether oxygens (including phenoxy) is 2. The van der Waals surface area contributed by atoms with Crippen LogP contribution in [0.4, 0.5) is 0 Å². The Hall–Kier alpha value is -3.93. The molecule has 4 rings (SSSR count). The van der Waals surface area contributed by atoms with E-state index in [-0.39, 0.29) is 33.7 Å². The van der Waals surface area contributed by atoms with E-state index in [4.69, 9.17) is 9.47 Å². The number of hydrazone groups is 2. The molecule has 10 nitrogen and oxygen atoms in total. The van der Waals surface area contributed by atoms with Crippen LogP contribution in [0.5, 0.6) is 0 Å². The lowest BCUT2D eigenvalue weighted by Crippen LogP contribution is -2.53. The molecule has 0 amide bonds. The largest absolute Gasteiger partial charge is 0.380 e. The van der Waals surface area contributed by atoms with Crippen molar-refractivity contribution in [2.75, 3.05) is 12.5 Å². The van der Waals surface area contributed by atoms with Crippen molar-refractivity contribution in [3.8, 4) is 0 Å². The molecule has 4 aromatic carbocycles. The van der Waals surface area contributed by atoms with Gasteiger partial charge in [-0.2, -0.15) is 27.0 Å². The van der Waals surface area contributed by atoms with Gasteiger partial charge in [0, 0.05) is 23.1 Å². The third-order valence-electron chi connectivity index (χ3n) is 15.3. The van der Waals surface area contributed by atoms with E-state index < -0.39 is 36.2 Å². The number of rotatable bonds is 22. The van der Waals surface area contributed by atoms with Crippen LogP contribution in [0.15, 0.2) is 105 Å². The van der Waals surface area contributed by atoms with E-state index in [9.17, 15) is 16.8 Å². The minimum atomic E-state index is -3.87. The second-order valence-electron chi connectivity index (χ2n) is 24.7. The maximum Gasteiger partial charge on any atom is 0.277 e. The van der Waals surface area contributed by atoms with Crippen LogP contribution in [0.25, 0.3) is 0 Å². The van der Waals surface area contributed by atoms with E-state index in [0.29, 0.717) is 47.3 Å². The number of benzene rings is 4. The molecule has 4 aromatic rings. The average Bonchev–Trinajstić information content (AvgIpc) is 3.31. The van der Waals surface area contributed by atoms with E-state index in [1.54, 1.807) is 0 Å². The van der Waals surface area contributed by atoms with E-state index in [2.05, 4.69) is 126 Å². The van der Waals surface area contributed by atoms with Gasteiger partial charge in [-0.25, -0.2) is 9.66 Å². The first-order valence-corrected chi connectivity index (χ1v) is 35.1. The average molecular weight is 1090 g/mol. The summed E-state index contributed by atoms with van der Waals surface area (Å²) in [6.07, 6.45) is 1.11. The third-order valence-corrected chi connectivity index (χ3v) is 29.6. The van der Waals surface area contributed by atoms with E-state index in [0.717, 1.165) is 55.2 Å². The SMILES string of the molecule is C/C(=N\NS(=O)(=O)c1c(C(C)C)cc(C(C)C)cc1C(C)C)[Si@](C)(COCc1ccccc1)C(C)(C)C.C/C(=N\NS(=O)(=O)c1c(C(C)C)cc(C(C)C)cc1C(C)C)[Si@](C)(COCc1ccccc1)C(C)(C)C. The standard InChI is InChI=1S/2C30H48N2O3SSi/c2*1-21(2)26-17-27(22(3)4)29(28(18-26)23(5)6)36(33,34)32-31-24(7)37(11,30(8,9)10)20-35-19-25-15-13-12-14-16-25/h2*12-18,21-23,32H,19-20H2,1-11H3/b2*31-24+/t2*37-/m00/s1. The van der Waals surface area contributed by atoms with Gasteiger partial charge in [0.25, 0.3) is 20.0 Å². The molecule has 2 N–H and O–H groups in total.